The van der Waals surface area contributed by atoms with Crippen LogP contribution in [0.1, 0.15) is 22.4 Å². The van der Waals surface area contributed by atoms with Crippen LogP contribution < -0.4 is 10.6 Å². The number of amides is 3. The van der Waals surface area contributed by atoms with Gasteiger partial charge in [0.2, 0.25) is 5.91 Å². The van der Waals surface area contributed by atoms with Crippen molar-refractivity contribution in [3.05, 3.63) is 51.7 Å². The van der Waals surface area contributed by atoms with Gasteiger partial charge >= 0.3 is 6.03 Å². The second-order valence-electron chi connectivity index (χ2n) is 7.49. The summed E-state index contributed by atoms with van der Waals surface area (Å²) in [6.45, 7) is 7.89. The standard InChI is InChI=1S/C22H30N4O2S/c1-17-6-3-7-18(2)21(17)24-20(27)16-25-11-5-12-26(14-13-25)22(28)23-10-9-19-8-4-15-29-19/h3-4,6-8,15H,5,9-14,16H2,1-2H3,(H,23,28)(H,24,27). The van der Waals surface area contributed by atoms with E-state index >= 15 is 0 Å². The number of nitrogens with zero attached hydrogens (tertiary/aromatic N) is 2. The molecule has 2 heterocycles. The van der Waals surface area contributed by atoms with Crippen LogP contribution in [0.3, 0.4) is 0 Å². The average molecular weight is 415 g/mol. The van der Waals surface area contributed by atoms with Crippen LogP contribution in [0.4, 0.5) is 10.5 Å². The Morgan fingerprint density at radius 2 is 1.83 bits per heavy atom. The van der Waals surface area contributed by atoms with Crippen molar-refractivity contribution in [2.24, 2.45) is 0 Å². The van der Waals surface area contributed by atoms with Crippen LogP contribution in [0.2, 0.25) is 0 Å². The van der Waals surface area contributed by atoms with E-state index in [-0.39, 0.29) is 11.9 Å². The van der Waals surface area contributed by atoms with Crippen molar-refractivity contribution < 1.29 is 9.59 Å². The van der Waals surface area contributed by atoms with Gasteiger partial charge in [-0.3, -0.25) is 9.69 Å². The predicted octanol–water partition coefficient (Wildman–Crippen LogP) is 3.26. The summed E-state index contributed by atoms with van der Waals surface area (Å²) in [5.41, 5.74) is 3.04. The van der Waals surface area contributed by atoms with Gasteiger partial charge in [-0.25, -0.2) is 4.79 Å². The minimum absolute atomic E-state index is 0.00347. The molecule has 3 rings (SSSR count). The van der Waals surface area contributed by atoms with Crippen molar-refractivity contribution in [1.82, 2.24) is 15.1 Å². The highest BCUT2D eigenvalue weighted by atomic mass is 32.1. The average Bonchev–Trinajstić information content (AvgIpc) is 3.10. The predicted molar refractivity (Wildman–Crippen MR) is 119 cm³/mol. The van der Waals surface area contributed by atoms with Crippen molar-refractivity contribution >= 4 is 29.0 Å². The molecular weight excluding hydrogens is 384 g/mol. The second-order valence-corrected chi connectivity index (χ2v) is 8.53. The molecule has 0 saturated carbocycles. The molecule has 0 spiro atoms. The fourth-order valence-electron chi connectivity index (χ4n) is 3.59. The van der Waals surface area contributed by atoms with Gasteiger partial charge in [-0.15, -0.1) is 11.3 Å². The maximum absolute atomic E-state index is 12.5. The first-order valence-corrected chi connectivity index (χ1v) is 11.0. The van der Waals surface area contributed by atoms with E-state index in [1.807, 2.05) is 43.0 Å². The van der Waals surface area contributed by atoms with Gasteiger partial charge in [0.25, 0.3) is 0 Å². The molecular formula is C22H30N4O2S. The number of benzene rings is 1. The Bertz CT molecular complexity index is 802. The molecule has 1 aromatic heterocycles. The van der Waals surface area contributed by atoms with E-state index in [1.165, 1.54) is 4.88 Å². The van der Waals surface area contributed by atoms with Gasteiger partial charge in [0.15, 0.2) is 0 Å². The molecule has 1 aliphatic rings. The lowest BCUT2D eigenvalue weighted by Gasteiger charge is -2.22. The molecule has 156 valence electrons. The molecule has 0 radical (unpaired) electrons. The topological polar surface area (TPSA) is 64.7 Å². The van der Waals surface area contributed by atoms with E-state index in [1.54, 1.807) is 11.3 Å². The minimum Gasteiger partial charge on any atom is -0.338 e. The number of para-hydroxylation sites is 1. The molecule has 0 bridgehead atoms. The lowest BCUT2D eigenvalue weighted by Crippen LogP contribution is -2.43. The molecule has 3 amide bonds. The number of anilines is 1. The highest BCUT2D eigenvalue weighted by Gasteiger charge is 2.20. The van der Waals surface area contributed by atoms with Crippen molar-refractivity contribution in [3.8, 4) is 0 Å². The van der Waals surface area contributed by atoms with E-state index in [0.29, 0.717) is 26.2 Å². The molecule has 6 nitrogen and oxygen atoms in total. The number of nitrogens with one attached hydrogen (secondary N) is 2. The Labute approximate surface area is 176 Å². The molecule has 0 atom stereocenters. The van der Waals surface area contributed by atoms with Crippen molar-refractivity contribution in [2.45, 2.75) is 26.7 Å². The van der Waals surface area contributed by atoms with Gasteiger partial charge in [0, 0.05) is 43.3 Å². The lowest BCUT2D eigenvalue weighted by molar-refractivity contribution is -0.117. The summed E-state index contributed by atoms with van der Waals surface area (Å²) in [7, 11) is 0. The van der Waals surface area contributed by atoms with E-state index < -0.39 is 0 Å². The maximum atomic E-state index is 12.5. The zero-order valence-corrected chi connectivity index (χ0v) is 18.1. The van der Waals surface area contributed by atoms with Crippen LogP contribution in [0.25, 0.3) is 0 Å². The third-order valence-corrected chi connectivity index (χ3v) is 6.15. The van der Waals surface area contributed by atoms with Crippen molar-refractivity contribution in [1.29, 1.82) is 0 Å². The quantitative estimate of drug-likeness (QED) is 0.763. The zero-order valence-electron chi connectivity index (χ0n) is 17.2. The number of aryl methyl sites for hydroxylation is 2. The number of urea groups is 1. The second kappa shape index (κ2) is 10.4. The van der Waals surface area contributed by atoms with E-state index in [9.17, 15) is 9.59 Å². The van der Waals surface area contributed by atoms with Crippen LogP contribution >= 0.6 is 11.3 Å². The fraction of sp³-hybridized carbons (Fsp3) is 0.455. The highest BCUT2D eigenvalue weighted by molar-refractivity contribution is 7.09. The summed E-state index contributed by atoms with van der Waals surface area (Å²) in [5.74, 6) is -0.00347. The van der Waals surface area contributed by atoms with Gasteiger partial charge in [0.1, 0.15) is 0 Å². The van der Waals surface area contributed by atoms with Crippen LogP contribution in [0.5, 0.6) is 0 Å². The Balaban J connectivity index is 1.43. The largest absolute Gasteiger partial charge is 0.338 e. The van der Waals surface area contributed by atoms with Crippen LogP contribution in [-0.4, -0.2) is 61.0 Å². The van der Waals surface area contributed by atoms with Crippen LogP contribution in [0.15, 0.2) is 35.7 Å². The summed E-state index contributed by atoms with van der Waals surface area (Å²) >= 11 is 1.71. The molecule has 0 aliphatic carbocycles. The number of hydrogen-bond acceptors (Lipinski definition) is 4. The smallest absolute Gasteiger partial charge is 0.317 e. The third kappa shape index (κ3) is 6.30. The Kier molecular flexibility index (Phi) is 7.66. The van der Waals surface area contributed by atoms with Crippen molar-refractivity contribution in [3.63, 3.8) is 0 Å². The fourth-order valence-corrected chi connectivity index (χ4v) is 4.29. The molecule has 0 unspecified atom stereocenters. The van der Waals surface area contributed by atoms with E-state index in [2.05, 4.69) is 27.0 Å². The van der Waals surface area contributed by atoms with E-state index in [4.69, 9.17) is 0 Å². The molecule has 2 aromatic rings. The molecule has 1 saturated heterocycles. The third-order valence-electron chi connectivity index (χ3n) is 5.22. The SMILES string of the molecule is Cc1cccc(C)c1NC(=O)CN1CCCN(C(=O)NCCc2cccs2)CC1. The first kappa shape index (κ1) is 21.3. The summed E-state index contributed by atoms with van der Waals surface area (Å²) in [5, 5.41) is 8.12. The van der Waals surface area contributed by atoms with E-state index in [0.717, 1.165) is 42.7 Å². The van der Waals surface area contributed by atoms with Crippen LogP contribution in [-0.2, 0) is 11.2 Å². The summed E-state index contributed by atoms with van der Waals surface area (Å²) in [6, 6.07) is 10.1. The zero-order chi connectivity index (χ0) is 20.6. The minimum atomic E-state index is -0.0107. The molecule has 1 aromatic carbocycles. The van der Waals surface area contributed by atoms with Gasteiger partial charge in [-0.05, 0) is 49.3 Å². The van der Waals surface area contributed by atoms with Gasteiger partial charge in [0.05, 0.1) is 6.54 Å². The molecule has 2 N–H and O–H groups in total. The van der Waals surface area contributed by atoms with Crippen molar-refractivity contribution in [2.75, 3.05) is 44.6 Å². The Morgan fingerprint density at radius 1 is 1.03 bits per heavy atom. The number of rotatable bonds is 6. The monoisotopic (exact) mass is 414 g/mol. The van der Waals surface area contributed by atoms with Gasteiger partial charge < -0.3 is 15.5 Å². The summed E-state index contributed by atoms with van der Waals surface area (Å²) in [6.07, 6.45) is 1.73. The highest BCUT2D eigenvalue weighted by Crippen LogP contribution is 2.19. The maximum Gasteiger partial charge on any atom is 0.317 e. The lowest BCUT2D eigenvalue weighted by atomic mass is 10.1. The van der Waals surface area contributed by atoms with Gasteiger partial charge in [-0.2, -0.15) is 0 Å². The molecule has 1 fully saturated rings. The summed E-state index contributed by atoms with van der Waals surface area (Å²) < 4.78 is 0. The normalized spacial score (nSPS) is 15.0. The van der Waals surface area contributed by atoms with Gasteiger partial charge in [-0.1, -0.05) is 24.3 Å². The molecule has 7 heteroatoms. The van der Waals surface area contributed by atoms with Crippen LogP contribution in [0, 0.1) is 13.8 Å². The number of thiophene rings is 1. The number of carbonyl (C=O) groups is 2. The number of carbonyl (C=O) groups excluding carboxylic acids is 2. The Hall–Kier alpha value is -2.38. The molecule has 29 heavy (non-hydrogen) atoms. The molecule has 1 aliphatic heterocycles. The number of hydrogen-bond donors (Lipinski definition) is 2. The Morgan fingerprint density at radius 3 is 2.55 bits per heavy atom. The first-order chi connectivity index (χ1) is 14.0. The summed E-state index contributed by atoms with van der Waals surface area (Å²) in [4.78, 5) is 30.2. The first-order valence-electron chi connectivity index (χ1n) is 10.2.